The summed E-state index contributed by atoms with van der Waals surface area (Å²) in [5.41, 5.74) is 8.93. The molecule has 0 aromatic carbocycles. The molecule has 0 unspecified atom stereocenters. The Kier molecular flexibility index (Phi) is 2.50. The van der Waals surface area contributed by atoms with Gasteiger partial charge in [-0.1, -0.05) is 13.0 Å². The average Bonchev–Trinajstić information content (AvgIpc) is 2.60. The van der Waals surface area contributed by atoms with Crippen LogP contribution in [0.3, 0.4) is 0 Å². The maximum absolute atomic E-state index is 5.51. The Bertz CT molecular complexity index is 431. The van der Waals surface area contributed by atoms with Crippen molar-refractivity contribution in [1.82, 2.24) is 9.38 Å². The van der Waals surface area contributed by atoms with Crippen molar-refractivity contribution in [3.8, 4) is 0 Å². The molecule has 0 atom stereocenters. The predicted octanol–water partition coefficient (Wildman–Crippen LogP) is 1.40. The second kappa shape index (κ2) is 3.80. The van der Waals surface area contributed by atoms with Crippen LogP contribution in [0.25, 0.3) is 5.65 Å². The molecule has 2 N–H and O–H groups in total. The summed E-state index contributed by atoms with van der Waals surface area (Å²) in [5, 5.41) is 0. The molecule has 0 bridgehead atoms. The molecule has 0 saturated heterocycles. The highest BCUT2D eigenvalue weighted by Crippen LogP contribution is 2.08. The first kappa shape index (κ1) is 9.21. The lowest BCUT2D eigenvalue weighted by atomic mass is 10.2. The van der Waals surface area contributed by atoms with Crippen molar-refractivity contribution in [2.45, 2.75) is 19.8 Å². The normalized spacial score (nSPS) is 11.0. The first-order chi connectivity index (χ1) is 6.83. The molecule has 3 heteroatoms. The highest BCUT2D eigenvalue weighted by atomic mass is 15.0. The van der Waals surface area contributed by atoms with Crippen LogP contribution in [0.2, 0.25) is 0 Å². The second-order valence-corrected chi connectivity index (χ2v) is 3.43. The van der Waals surface area contributed by atoms with E-state index >= 15 is 0 Å². The molecule has 0 amide bonds. The Morgan fingerprint density at radius 2 is 2.21 bits per heavy atom. The molecule has 74 valence electrons. The lowest BCUT2D eigenvalue weighted by Gasteiger charge is -1.98. The molecule has 14 heavy (non-hydrogen) atoms. The SMILES string of the molecule is CCc1cn2cc(CCN)ccc2n1. The van der Waals surface area contributed by atoms with Gasteiger partial charge in [-0.2, -0.15) is 0 Å². The Labute approximate surface area is 83.6 Å². The maximum Gasteiger partial charge on any atom is 0.136 e. The number of nitrogens with zero attached hydrogens (tertiary/aromatic N) is 2. The zero-order chi connectivity index (χ0) is 9.97. The van der Waals surface area contributed by atoms with E-state index in [0.717, 1.165) is 24.2 Å². The fraction of sp³-hybridized carbons (Fsp3) is 0.364. The Morgan fingerprint density at radius 3 is 2.93 bits per heavy atom. The van der Waals surface area contributed by atoms with Gasteiger partial charge in [-0.05, 0) is 31.0 Å². The molecule has 0 saturated carbocycles. The molecule has 2 heterocycles. The summed E-state index contributed by atoms with van der Waals surface area (Å²) in [6.07, 6.45) is 6.09. The molecule has 0 radical (unpaired) electrons. The highest BCUT2D eigenvalue weighted by Gasteiger charge is 1.99. The van der Waals surface area contributed by atoms with Crippen molar-refractivity contribution in [3.05, 3.63) is 35.8 Å². The molecule has 2 aromatic heterocycles. The molecule has 0 spiro atoms. The number of rotatable bonds is 3. The summed E-state index contributed by atoms with van der Waals surface area (Å²) in [6.45, 7) is 2.81. The largest absolute Gasteiger partial charge is 0.330 e. The Hall–Kier alpha value is -1.35. The summed E-state index contributed by atoms with van der Waals surface area (Å²) in [5.74, 6) is 0. The standard InChI is InChI=1S/C11H15N3/c1-2-10-8-14-7-9(5-6-12)3-4-11(14)13-10/h3-4,7-8H,2,5-6,12H2,1H3. The topological polar surface area (TPSA) is 43.3 Å². The molecular formula is C11H15N3. The first-order valence-electron chi connectivity index (χ1n) is 5.00. The number of imidazole rings is 1. The molecule has 0 aliphatic rings. The monoisotopic (exact) mass is 189 g/mol. The lowest BCUT2D eigenvalue weighted by molar-refractivity contribution is 0.951. The minimum absolute atomic E-state index is 0.695. The third-order valence-corrected chi connectivity index (χ3v) is 2.36. The van der Waals surface area contributed by atoms with E-state index in [-0.39, 0.29) is 0 Å². The van der Waals surface area contributed by atoms with Crippen LogP contribution in [0.15, 0.2) is 24.5 Å². The van der Waals surface area contributed by atoms with Gasteiger partial charge in [0.25, 0.3) is 0 Å². The van der Waals surface area contributed by atoms with Gasteiger partial charge in [-0.3, -0.25) is 0 Å². The van der Waals surface area contributed by atoms with E-state index in [1.165, 1.54) is 5.56 Å². The molecule has 0 fully saturated rings. The summed E-state index contributed by atoms with van der Waals surface area (Å²) in [4.78, 5) is 4.46. The molecule has 0 aliphatic carbocycles. The molecule has 2 aromatic rings. The van der Waals surface area contributed by atoms with E-state index in [0.29, 0.717) is 6.54 Å². The van der Waals surface area contributed by atoms with E-state index in [9.17, 15) is 0 Å². The van der Waals surface area contributed by atoms with E-state index < -0.39 is 0 Å². The third kappa shape index (κ3) is 1.63. The van der Waals surface area contributed by atoms with Gasteiger partial charge in [0.05, 0.1) is 5.69 Å². The highest BCUT2D eigenvalue weighted by molar-refractivity contribution is 5.41. The minimum Gasteiger partial charge on any atom is -0.330 e. The average molecular weight is 189 g/mol. The van der Waals surface area contributed by atoms with Crippen molar-refractivity contribution in [2.24, 2.45) is 5.73 Å². The number of hydrogen-bond acceptors (Lipinski definition) is 2. The van der Waals surface area contributed by atoms with Crippen LogP contribution in [0.4, 0.5) is 0 Å². The van der Waals surface area contributed by atoms with E-state index in [1.807, 2.05) is 6.07 Å². The van der Waals surface area contributed by atoms with Crippen LogP contribution in [0.5, 0.6) is 0 Å². The summed E-state index contributed by atoms with van der Waals surface area (Å²) in [6, 6.07) is 4.14. The van der Waals surface area contributed by atoms with Gasteiger partial charge >= 0.3 is 0 Å². The van der Waals surface area contributed by atoms with Gasteiger partial charge in [0.15, 0.2) is 0 Å². The fourth-order valence-electron chi connectivity index (χ4n) is 1.58. The maximum atomic E-state index is 5.51. The van der Waals surface area contributed by atoms with Crippen molar-refractivity contribution in [3.63, 3.8) is 0 Å². The lowest BCUT2D eigenvalue weighted by Crippen LogP contribution is -2.03. The smallest absolute Gasteiger partial charge is 0.136 e. The molecular weight excluding hydrogens is 174 g/mol. The van der Waals surface area contributed by atoms with Crippen molar-refractivity contribution < 1.29 is 0 Å². The number of pyridine rings is 1. The summed E-state index contributed by atoms with van der Waals surface area (Å²) >= 11 is 0. The van der Waals surface area contributed by atoms with Crippen LogP contribution >= 0.6 is 0 Å². The van der Waals surface area contributed by atoms with Gasteiger partial charge in [0, 0.05) is 12.4 Å². The van der Waals surface area contributed by atoms with Crippen LogP contribution in [-0.2, 0) is 12.8 Å². The minimum atomic E-state index is 0.695. The van der Waals surface area contributed by atoms with Gasteiger partial charge in [0.1, 0.15) is 5.65 Å². The van der Waals surface area contributed by atoms with Crippen molar-refractivity contribution in [1.29, 1.82) is 0 Å². The van der Waals surface area contributed by atoms with E-state index in [1.54, 1.807) is 0 Å². The number of aromatic nitrogens is 2. The predicted molar refractivity (Wildman–Crippen MR) is 57.3 cm³/mol. The fourth-order valence-corrected chi connectivity index (χ4v) is 1.58. The number of nitrogens with two attached hydrogens (primary N) is 1. The van der Waals surface area contributed by atoms with Crippen molar-refractivity contribution in [2.75, 3.05) is 6.54 Å². The number of fused-ring (bicyclic) bond motifs is 1. The van der Waals surface area contributed by atoms with Crippen LogP contribution in [-0.4, -0.2) is 15.9 Å². The van der Waals surface area contributed by atoms with E-state index in [4.69, 9.17) is 5.73 Å². The van der Waals surface area contributed by atoms with Crippen LogP contribution in [0, 0.1) is 0 Å². The van der Waals surface area contributed by atoms with Gasteiger partial charge in [-0.15, -0.1) is 0 Å². The summed E-state index contributed by atoms with van der Waals surface area (Å²) in [7, 11) is 0. The number of aryl methyl sites for hydroxylation is 1. The van der Waals surface area contributed by atoms with Crippen LogP contribution < -0.4 is 5.73 Å². The second-order valence-electron chi connectivity index (χ2n) is 3.43. The van der Waals surface area contributed by atoms with Gasteiger partial charge in [-0.25, -0.2) is 4.98 Å². The Balaban J connectivity index is 2.43. The molecule has 2 rings (SSSR count). The van der Waals surface area contributed by atoms with Gasteiger partial charge in [0.2, 0.25) is 0 Å². The van der Waals surface area contributed by atoms with Crippen LogP contribution in [0.1, 0.15) is 18.2 Å². The van der Waals surface area contributed by atoms with Crippen molar-refractivity contribution >= 4 is 5.65 Å². The zero-order valence-corrected chi connectivity index (χ0v) is 8.40. The zero-order valence-electron chi connectivity index (χ0n) is 8.40. The third-order valence-electron chi connectivity index (χ3n) is 2.36. The summed E-state index contributed by atoms with van der Waals surface area (Å²) < 4.78 is 2.07. The number of hydrogen-bond donors (Lipinski definition) is 1. The first-order valence-corrected chi connectivity index (χ1v) is 5.00. The Morgan fingerprint density at radius 1 is 1.36 bits per heavy atom. The quantitative estimate of drug-likeness (QED) is 0.793. The molecule has 0 aliphatic heterocycles. The molecule has 3 nitrogen and oxygen atoms in total. The van der Waals surface area contributed by atoms with Gasteiger partial charge < -0.3 is 10.1 Å². The van der Waals surface area contributed by atoms with E-state index in [2.05, 4.69) is 34.8 Å².